The van der Waals surface area contributed by atoms with E-state index in [1.54, 1.807) is 13.4 Å². The lowest BCUT2D eigenvalue weighted by Crippen LogP contribution is -2.38. The molecule has 2 N–H and O–H groups in total. The molecule has 1 aromatic heterocycles. The topological polar surface area (TPSA) is 77.4 Å². The molecule has 0 aliphatic carbocycles. The number of aromatic nitrogens is 2. The molecule has 29 heavy (non-hydrogen) atoms. The molecule has 3 aromatic rings. The predicted octanol–water partition coefficient (Wildman–Crippen LogP) is 2.74. The fourth-order valence-corrected chi connectivity index (χ4v) is 3.75. The highest BCUT2D eigenvalue weighted by Gasteiger charge is 2.30. The van der Waals surface area contributed by atoms with E-state index in [2.05, 4.69) is 15.6 Å². The third-order valence-corrected chi connectivity index (χ3v) is 5.31. The van der Waals surface area contributed by atoms with Crippen molar-refractivity contribution in [2.45, 2.75) is 31.5 Å². The van der Waals surface area contributed by atoms with Gasteiger partial charge >= 0.3 is 6.09 Å². The molecular formula is C22H26N4O3. The Kier molecular flexibility index (Phi) is 5.95. The van der Waals surface area contributed by atoms with Crippen molar-refractivity contribution in [2.24, 2.45) is 0 Å². The van der Waals surface area contributed by atoms with Crippen LogP contribution in [0.4, 0.5) is 4.79 Å². The molecule has 1 amide bonds. The fraction of sp³-hybridized carbons (Fsp3) is 0.364. The van der Waals surface area contributed by atoms with Gasteiger partial charge in [0.25, 0.3) is 0 Å². The van der Waals surface area contributed by atoms with Gasteiger partial charge in [0.15, 0.2) is 0 Å². The van der Waals surface area contributed by atoms with Crippen LogP contribution in [0.5, 0.6) is 5.75 Å². The zero-order valence-corrected chi connectivity index (χ0v) is 16.5. The van der Waals surface area contributed by atoms with E-state index >= 15 is 0 Å². The van der Waals surface area contributed by atoms with Gasteiger partial charge in [0, 0.05) is 19.1 Å². The molecule has 0 unspecified atom stereocenters. The molecule has 0 saturated carbocycles. The number of nitrogens with zero attached hydrogens (tertiary/aromatic N) is 2. The Balaban J connectivity index is 1.26. The van der Waals surface area contributed by atoms with Crippen molar-refractivity contribution in [3.63, 3.8) is 0 Å². The predicted molar refractivity (Wildman–Crippen MR) is 111 cm³/mol. The number of fused-ring (bicyclic) bond motifs is 1. The molecule has 1 fully saturated rings. The first kappa shape index (κ1) is 19.3. The summed E-state index contributed by atoms with van der Waals surface area (Å²) in [5.41, 5.74) is 3.20. The van der Waals surface area contributed by atoms with Crippen LogP contribution in [0, 0.1) is 0 Å². The molecule has 1 saturated heterocycles. The van der Waals surface area contributed by atoms with Crippen LogP contribution in [-0.2, 0) is 17.7 Å². The Morgan fingerprint density at radius 2 is 2.07 bits per heavy atom. The average molecular weight is 394 g/mol. The minimum Gasteiger partial charge on any atom is -0.497 e. The van der Waals surface area contributed by atoms with Gasteiger partial charge in [-0.25, -0.2) is 9.78 Å². The molecule has 1 aliphatic heterocycles. The number of hydrogen-bond donors (Lipinski definition) is 2. The second-order valence-electron chi connectivity index (χ2n) is 7.20. The van der Waals surface area contributed by atoms with Crippen LogP contribution in [0.15, 0.2) is 54.9 Å². The Labute approximate surface area is 170 Å². The Morgan fingerprint density at radius 3 is 2.90 bits per heavy atom. The van der Waals surface area contributed by atoms with E-state index in [9.17, 15) is 4.79 Å². The van der Waals surface area contributed by atoms with Gasteiger partial charge in [0.05, 0.1) is 24.5 Å². The first-order chi connectivity index (χ1) is 14.2. The second kappa shape index (κ2) is 8.96. The SMILES string of the molecule is COc1ccc(C[C@H]2NCC[C@H]2OC(=O)NCCn2cnc3ccccc32)cc1. The Bertz CT molecular complexity index is 954. The molecule has 0 bridgehead atoms. The van der Waals surface area contributed by atoms with E-state index < -0.39 is 0 Å². The van der Waals surface area contributed by atoms with Crippen LogP contribution in [-0.4, -0.2) is 48.0 Å². The molecule has 7 heteroatoms. The summed E-state index contributed by atoms with van der Waals surface area (Å²) in [5.74, 6) is 0.839. The summed E-state index contributed by atoms with van der Waals surface area (Å²) >= 11 is 0. The minimum atomic E-state index is -0.372. The molecule has 0 radical (unpaired) electrons. The molecule has 1 aliphatic rings. The van der Waals surface area contributed by atoms with Crippen molar-refractivity contribution in [3.05, 3.63) is 60.4 Å². The number of carbonyl (C=O) groups excluding carboxylic acids is 1. The molecular weight excluding hydrogens is 368 g/mol. The molecule has 7 nitrogen and oxygen atoms in total. The molecule has 2 heterocycles. The van der Waals surface area contributed by atoms with Gasteiger partial charge in [0.1, 0.15) is 11.9 Å². The maximum Gasteiger partial charge on any atom is 0.407 e. The van der Waals surface area contributed by atoms with Crippen LogP contribution in [0.2, 0.25) is 0 Å². The summed E-state index contributed by atoms with van der Waals surface area (Å²) in [6.45, 7) is 1.98. The number of para-hydroxylation sites is 2. The highest BCUT2D eigenvalue weighted by atomic mass is 16.6. The summed E-state index contributed by atoms with van der Waals surface area (Å²) < 4.78 is 12.9. The number of rotatable bonds is 7. The van der Waals surface area contributed by atoms with Gasteiger partial charge in [-0.15, -0.1) is 0 Å². The lowest BCUT2D eigenvalue weighted by atomic mass is 10.0. The average Bonchev–Trinajstić information content (AvgIpc) is 3.36. The van der Waals surface area contributed by atoms with E-state index in [0.717, 1.165) is 36.2 Å². The normalized spacial score (nSPS) is 18.7. The van der Waals surface area contributed by atoms with Crippen LogP contribution >= 0.6 is 0 Å². The second-order valence-corrected chi connectivity index (χ2v) is 7.20. The summed E-state index contributed by atoms with van der Waals surface area (Å²) in [5, 5.41) is 6.30. The van der Waals surface area contributed by atoms with Crippen molar-refractivity contribution in [1.82, 2.24) is 20.2 Å². The van der Waals surface area contributed by atoms with Crippen molar-refractivity contribution >= 4 is 17.1 Å². The standard InChI is InChI=1S/C22H26N4O3/c1-28-17-8-6-16(7-9-17)14-19-21(10-11-23-19)29-22(27)24-12-13-26-15-25-18-4-2-3-5-20(18)26/h2-9,15,19,21,23H,10-14H2,1H3,(H,24,27)/t19-,21-/m1/s1. The van der Waals surface area contributed by atoms with E-state index in [4.69, 9.17) is 9.47 Å². The number of benzene rings is 2. The summed E-state index contributed by atoms with van der Waals surface area (Å²) in [6.07, 6.45) is 2.92. The van der Waals surface area contributed by atoms with E-state index in [-0.39, 0.29) is 18.2 Å². The van der Waals surface area contributed by atoms with Crippen molar-refractivity contribution < 1.29 is 14.3 Å². The smallest absolute Gasteiger partial charge is 0.407 e. The van der Waals surface area contributed by atoms with E-state index in [1.807, 2.05) is 53.1 Å². The summed E-state index contributed by atoms with van der Waals surface area (Å²) in [7, 11) is 1.66. The number of alkyl carbamates (subject to hydrolysis) is 1. The third-order valence-electron chi connectivity index (χ3n) is 5.31. The maximum atomic E-state index is 12.3. The number of hydrogen-bond acceptors (Lipinski definition) is 5. The van der Waals surface area contributed by atoms with Gasteiger partial charge in [-0.05, 0) is 49.2 Å². The maximum absolute atomic E-state index is 12.3. The van der Waals surface area contributed by atoms with Crippen LogP contribution in [0.1, 0.15) is 12.0 Å². The third kappa shape index (κ3) is 4.68. The number of amides is 1. The first-order valence-corrected chi connectivity index (χ1v) is 9.93. The number of carbonyl (C=O) groups is 1. The number of methoxy groups -OCH3 is 1. The van der Waals surface area contributed by atoms with E-state index in [0.29, 0.717) is 13.1 Å². The van der Waals surface area contributed by atoms with Gasteiger partial charge in [0.2, 0.25) is 0 Å². The van der Waals surface area contributed by atoms with Gasteiger partial charge in [-0.1, -0.05) is 24.3 Å². The number of imidazole rings is 1. The Morgan fingerprint density at radius 1 is 1.24 bits per heavy atom. The molecule has 0 spiro atoms. The van der Waals surface area contributed by atoms with Crippen LogP contribution in [0.3, 0.4) is 0 Å². The molecule has 4 rings (SSSR count). The van der Waals surface area contributed by atoms with E-state index in [1.165, 1.54) is 5.56 Å². The lowest BCUT2D eigenvalue weighted by Gasteiger charge is -2.20. The first-order valence-electron chi connectivity index (χ1n) is 9.93. The number of ether oxygens (including phenoxy) is 2. The van der Waals surface area contributed by atoms with Crippen LogP contribution < -0.4 is 15.4 Å². The van der Waals surface area contributed by atoms with Crippen molar-refractivity contribution in [3.8, 4) is 5.75 Å². The fourth-order valence-electron chi connectivity index (χ4n) is 3.75. The largest absolute Gasteiger partial charge is 0.497 e. The van der Waals surface area contributed by atoms with Crippen molar-refractivity contribution in [2.75, 3.05) is 20.2 Å². The molecule has 2 aromatic carbocycles. The van der Waals surface area contributed by atoms with Gasteiger partial charge in [-0.3, -0.25) is 0 Å². The Hall–Kier alpha value is -3.06. The summed E-state index contributed by atoms with van der Waals surface area (Å²) in [4.78, 5) is 16.6. The quantitative estimate of drug-likeness (QED) is 0.644. The van der Waals surface area contributed by atoms with Gasteiger partial charge < -0.3 is 24.7 Å². The minimum absolute atomic E-state index is 0.117. The molecule has 2 atom stereocenters. The summed E-state index contributed by atoms with van der Waals surface area (Å²) in [6, 6.07) is 16.1. The number of nitrogens with one attached hydrogen (secondary N) is 2. The lowest BCUT2D eigenvalue weighted by molar-refractivity contribution is 0.0899. The highest BCUT2D eigenvalue weighted by Crippen LogP contribution is 2.19. The van der Waals surface area contributed by atoms with Gasteiger partial charge in [-0.2, -0.15) is 0 Å². The monoisotopic (exact) mass is 394 g/mol. The zero-order chi connectivity index (χ0) is 20.1. The van der Waals surface area contributed by atoms with Crippen LogP contribution in [0.25, 0.3) is 11.0 Å². The zero-order valence-electron chi connectivity index (χ0n) is 16.5. The highest BCUT2D eigenvalue weighted by molar-refractivity contribution is 5.75. The van der Waals surface area contributed by atoms with Crippen molar-refractivity contribution in [1.29, 1.82) is 0 Å². The molecule has 152 valence electrons.